The summed E-state index contributed by atoms with van der Waals surface area (Å²) >= 11 is 3.41. The van der Waals surface area contributed by atoms with Crippen molar-refractivity contribution in [2.24, 2.45) is 5.73 Å². The normalized spacial score (nSPS) is 10.5. The molecular weight excluding hydrogens is 454 g/mol. The Morgan fingerprint density at radius 2 is 1.97 bits per heavy atom. The molecule has 0 atom stereocenters. The number of hydrogen-bond donors (Lipinski definition) is 3. The molecule has 9 nitrogen and oxygen atoms in total. The fraction of sp³-hybridized carbons (Fsp3) is 0.200. The van der Waals surface area contributed by atoms with Crippen LogP contribution in [-0.2, 0) is 11.2 Å². The molecule has 0 aliphatic carbocycles. The van der Waals surface area contributed by atoms with Gasteiger partial charge in [0, 0.05) is 12.1 Å². The fourth-order valence-electron chi connectivity index (χ4n) is 2.78. The number of primary amides is 1. The Morgan fingerprint density at radius 3 is 2.67 bits per heavy atom. The monoisotopic (exact) mass is 473 g/mol. The van der Waals surface area contributed by atoms with E-state index in [1.807, 2.05) is 30.3 Å². The number of hydrogen-bond acceptors (Lipinski definition) is 6. The highest BCUT2D eigenvalue weighted by molar-refractivity contribution is 9.10. The van der Waals surface area contributed by atoms with Crippen LogP contribution in [0.15, 0.2) is 46.9 Å². The third-order valence-electron chi connectivity index (χ3n) is 4.21. The Labute approximate surface area is 181 Å². The van der Waals surface area contributed by atoms with Crippen LogP contribution in [0.5, 0.6) is 11.5 Å². The van der Waals surface area contributed by atoms with Gasteiger partial charge in [-0.05, 0) is 40.0 Å². The number of nitrogens with one attached hydrogen (secondary N) is 2. The Balaban J connectivity index is 1.65. The zero-order valence-corrected chi connectivity index (χ0v) is 17.7. The molecule has 10 heteroatoms. The van der Waals surface area contributed by atoms with Crippen molar-refractivity contribution >= 4 is 27.7 Å². The van der Waals surface area contributed by atoms with Crippen molar-refractivity contribution in [2.75, 3.05) is 20.3 Å². The summed E-state index contributed by atoms with van der Waals surface area (Å²) in [5.74, 6) is -0.253. The van der Waals surface area contributed by atoms with Crippen LogP contribution in [0.1, 0.15) is 16.1 Å². The lowest BCUT2D eigenvalue weighted by atomic mass is 10.1. The molecule has 1 heterocycles. The molecule has 3 rings (SSSR count). The largest absolute Gasteiger partial charge is 0.493 e. The third kappa shape index (κ3) is 5.15. The van der Waals surface area contributed by atoms with Crippen molar-refractivity contribution in [3.05, 3.63) is 58.2 Å². The molecule has 3 aromatic rings. The highest BCUT2D eigenvalue weighted by Gasteiger charge is 2.20. The summed E-state index contributed by atoms with van der Waals surface area (Å²) in [6, 6.07) is 13.2. The molecule has 0 aliphatic heterocycles. The van der Waals surface area contributed by atoms with Crippen LogP contribution >= 0.6 is 15.9 Å². The predicted octanol–water partition coefficient (Wildman–Crippen LogP) is 2.08. The first-order chi connectivity index (χ1) is 14.5. The van der Waals surface area contributed by atoms with Gasteiger partial charge in [0.2, 0.25) is 0 Å². The standard InChI is InChI=1S/C20H20BrN5O4/c1-29-15-10-13(17-18(20(22)28)25-26-24-17)9-14(21)19(15)30-11-16(27)23-8-7-12-5-3-2-4-6-12/h2-6,9-10H,7-8,11H2,1H3,(H2,22,28)(H,23,27)(H,24,25,26). The summed E-state index contributed by atoms with van der Waals surface area (Å²) in [6.07, 6.45) is 0.730. The second kappa shape index (κ2) is 9.88. The van der Waals surface area contributed by atoms with Gasteiger partial charge >= 0.3 is 0 Å². The molecule has 0 fully saturated rings. The van der Waals surface area contributed by atoms with Gasteiger partial charge in [-0.15, -0.1) is 0 Å². The van der Waals surface area contributed by atoms with Crippen LogP contribution in [0.3, 0.4) is 0 Å². The van der Waals surface area contributed by atoms with Gasteiger partial charge in [-0.1, -0.05) is 30.3 Å². The molecule has 0 spiro atoms. The minimum Gasteiger partial charge on any atom is -0.493 e. The number of aromatic nitrogens is 3. The van der Waals surface area contributed by atoms with E-state index in [1.54, 1.807) is 12.1 Å². The van der Waals surface area contributed by atoms with Crippen LogP contribution < -0.4 is 20.5 Å². The van der Waals surface area contributed by atoms with E-state index < -0.39 is 5.91 Å². The molecule has 30 heavy (non-hydrogen) atoms. The van der Waals surface area contributed by atoms with Crippen molar-refractivity contribution in [3.63, 3.8) is 0 Å². The van der Waals surface area contributed by atoms with E-state index in [0.29, 0.717) is 28.1 Å². The molecule has 1 aromatic heterocycles. The number of rotatable bonds is 9. The number of aromatic amines is 1. The van der Waals surface area contributed by atoms with Crippen LogP contribution in [0, 0.1) is 0 Å². The van der Waals surface area contributed by atoms with Crippen molar-refractivity contribution in [1.82, 2.24) is 20.7 Å². The number of amides is 2. The van der Waals surface area contributed by atoms with E-state index in [2.05, 4.69) is 36.7 Å². The fourth-order valence-corrected chi connectivity index (χ4v) is 3.34. The summed E-state index contributed by atoms with van der Waals surface area (Å²) < 4.78 is 11.5. The molecule has 0 bridgehead atoms. The van der Waals surface area contributed by atoms with Gasteiger partial charge in [-0.3, -0.25) is 9.59 Å². The average Bonchev–Trinajstić information content (AvgIpc) is 3.23. The Morgan fingerprint density at radius 1 is 1.20 bits per heavy atom. The Hall–Kier alpha value is -3.40. The van der Waals surface area contributed by atoms with Crippen LogP contribution in [0.25, 0.3) is 11.3 Å². The van der Waals surface area contributed by atoms with Gasteiger partial charge in [0.05, 0.1) is 11.6 Å². The van der Waals surface area contributed by atoms with Gasteiger partial charge in [-0.25, -0.2) is 0 Å². The predicted molar refractivity (Wildman–Crippen MR) is 113 cm³/mol. The van der Waals surface area contributed by atoms with Gasteiger partial charge in [-0.2, -0.15) is 15.4 Å². The van der Waals surface area contributed by atoms with Crippen molar-refractivity contribution in [1.29, 1.82) is 0 Å². The maximum Gasteiger partial charge on any atom is 0.271 e. The van der Waals surface area contributed by atoms with E-state index in [-0.39, 0.29) is 23.9 Å². The number of halogens is 1. The Kier molecular flexibility index (Phi) is 7.02. The van der Waals surface area contributed by atoms with Gasteiger partial charge in [0.1, 0.15) is 5.69 Å². The summed E-state index contributed by atoms with van der Waals surface area (Å²) in [6.45, 7) is 0.324. The number of nitrogens with zero attached hydrogens (tertiary/aromatic N) is 2. The highest BCUT2D eigenvalue weighted by atomic mass is 79.9. The number of benzene rings is 2. The average molecular weight is 474 g/mol. The van der Waals surface area contributed by atoms with E-state index in [0.717, 1.165) is 12.0 Å². The van der Waals surface area contributed by atoms with Crippen LogP contribution in [-0.4, -0.2) is 47.5 Å². The smallest absolute Gasteiger partial charge is 0.271 e. The summed E-state index contributed by atoms with van der Waals surface area (Å²) in [7, 11) is 1.47. The highest BCUT2D eigenvalue weighted by Crippen LogP contribution is 2.39. The number of ether oxygens (including phenoxy) is 2. The number of carbonyl (C=O) groups is 2. The quantitative estimate of drug-likeness (QED) is 0.435. The molecule has 4 N–H and O–H groups in total. The Bertz CT molecular complexity index is 1040. The first-order valence-corrected chi connectivity index (χ1v) is 9.80. The van der Waals surface area contributed by atoms with Crippen molar-refractivity contribution in [2.45, 2.75) is 6.42 Å². The minimum absolute atomic E-state index is 0.00964. The molecule has 0 saturated carbocycles. The molecule has 0 radical (unpaired) electrons. The van der Waals surface area contributed by atoms with Crippen molar-refractivity contribution in [3.8, 4) is 22.8 Å². The van der Waals surface area contributed by atoms with Gasteiger partial charge < -0.3 is 20.5 Å². The summed E-state index contributed by atoms with van der Waals surface area (Å²) in [5.41, 5.74) is 7.30. The van der Waals surface area contributed by atoms with Crippen molar-refractivity contribution < 1.29 is 19.1 Å². The minimum atomic E-state index is -0.707. The molecule has 0 saturated heterocycles. The first-order valence-electron chi connectivity index (χ1n) is 9.01. The maximum atomic E-state index is 12.1. The number of nitrogens with two attached hydrogens (primary N) is 1. The second-order valence-corrected chi connectivity index (χ2v) is 7.10. The van der Waals surface area contributed by atoms with E-state index in [4.69, 9.17) is 15.2 Å². The number of H-pyrrole nitrogens is 1. The van der Waals surface area contributed by atoms with Gasteiger partial charge in [0.15, 0.2) is 23.8 Å². The number of methoxy groups -OCH3 is 1. The molecule has 2 aromatic carbocycles. The van der Waals surface area contributed by atoms with E-state index in [1.165, 1.54) is 7.11 Å². The zero-order valence-electron chi connectivity index (χ0n) is 16.1. The topological polar surface area (TPSA) is 132 Å². The maximum absolute atomic E-state index is 12.1. The molecule has 0 unspecified atom stereocenters. The zero-order chi connectivity index (χ0) is 21.5. The number of carbonyl (C=O) groups excluding carboxylic acids is 2. The molecule has 0 aliphatic rings. The summed E-state index contributed by atoms with van der Waals surface area (Å²) in [4.78, 5) is 23.6. The molecule has 2 amide bonds. The van der Waals surface area contributed by atoms with Gasteiger partial charge in [0.25, 0.3) is 11.8 Å². The lowest BCUT2D eigenvalue weighted by Gasteiger charge is -2.14. The van der Waals surface area contributed by atoms with E-state index >= 15 is 0 Å². The van der Waals surface area contributed by atoms with Crippen LogP contribution in [0.4, 0.5) is 0 Å². The lowest BCUT2D eigenvalue weighted by molar-refractivity contribution is -0.123. The van der Waals surface area contributed by atoms with E-state index in [9.17, 15) is 9.59 Å². The molecule has 156 valence electrons. The molecular formula is C20H20BrN5O4. The first kappa shape index (κ1) is 21.3. The second-order valence-electron chi connectivity index (χ2n) is 6.25. The van der Waals surface area contributed by atoms with Crippen LogP contribution in [0.2, 0.25) is 0 Å². The third-order valence-corrected chi connectivity index (χ3v) is 4.80. The SMILES string of the molecule is COc1cc(-c2n[nH]nc2C(N)=O)cc(Br)c1OCC(=O)NCCc1ccccc1. The summed E-state index contributed by atoms with van der Waals surface area (Å²) in [5, 5.41) is 12.9. The lowest BCUT2D eigenvalue weighted by Crippen LogP contribution is -2.30.